The molecule has 2 aliphatic rings. The monoisotopic (exact) mass is 328 g/mol. The van der Waals surface area contributed by atoms with E-state index in [1.807, 2.05) is 6.08 Å². The van der Waals surface area contributed by atoms with Crippen LogP contribution in [0.15, 0.2) is 12.2 Å². The summed E-state index contributed by atoms with van der Waals surface area (Å²) < 4.78 is 63.8. The lowest BCUT2D eigenvalue weighted by Gasteiger charge is -2.46. The smallest absolute Gasteiger partial charge is 0.523 e. The molecule has 1 heterocycles. The maximum atomic E-state index is 12.4. The van der Waals surface area contributed by atoms with Gasteiger partial charge in [0, 0.05) is 12.5 Å². The van der Waals surface area contributed by atoms with E-state index in [2.05, 4.69) is 4.18 Å². The first-order valence-corrected chi connectivity index (χ1v) is 7.66. The molecule has 1 aliphatic heterocycles. The summed E-state index contributed by atoms with van der Waals surface area (Å²) in [5, 5.41) is 11.0. The van der Waals surface area contributed by atoms with Crippen molar-refractivity contribution in [2.24, 2.45) is 11.8 Å². The first-order chi connectivity index (χ1) is 9.63. The van der Waals surface area contributed by atoms with E-state index >= 15 is 0 Å². The molecule has 1 aliphatic carbocycles. The lowest BCUT2D eigenvalue weighted by molar-refractivity contribution is -0.278. The van der Waals surface area contributed by atoms with Gasteiger partial charge in [0.25, 0.3) is 0 Å². The van der Waals surface area contributed by atoms with E-state index in [-0.39, 0.29) is 18.9 Å². The van der Waals surface area contributed by atoms with Crippen molar-refractivity contribution >= 4 is 16.2 Å². The van der Waals surface area contributed by atoms with Gasteiger partial charge in [-0.15, -0.1) is 0 Å². The fourth-order valence-corrected chi connectivity index (χ4v) is 3.35. The maximum Gasteiger partial charge on any atom is 0.523 e. The number of fused-ring (bicyclic) bond motifs is 1. The Morgan fingerprint density at radius 1 is 1.29 bits per heavy atom. The van der Waals surface area contributed by atoms with Crippen molar-refractivity contribution in [1.29, 1.82) is 0 Å². The maximum absolute atomic E-state index is 12.4. The van der Waals surface area contributed by atoms with Crippen LogP contribution >= 0.6 is 0 Å². The van der Waals surface area contributed by atoms with Gasteiger partial charge in [-0.1, -0.05) is 12.2 Å². The third-order valence-corrected chi connectivity index (χ3v) is 4.79. The highest BCUT2D eigenvalue weighted by atomic mass is 32.2. The number of carbonyl (C=O) groups excluding carboxylic acids is 1. The summed E-state index contributed by atoms with van der Waals surface area (Å²) in [7, 11) is -5.87. The zero-order valence-corrected chi connectivity index (χ0v) is 11.6. The Morgan fingerprint density at radius 3 is 2.48 bits per heavy atom. The predicted molar refractivity (Wildman–Crippen MR) is 61.9 cm³/mol. The normalized spacial score (nSPS) is 30.0. The molecule has 3 unspecified atom stereocenters. The molecule has 6 nitrogen and oxygen atoms in total. The molecule has 0 radical (unpaired) electrons. The minimum absolute atomic E-state index is 0.112. The second kappa shape index (κ2) is 5.48. The number of piperidine rings is 1. The second-order valence-corrected chi connectivity index (χ2v) is 6.56. The SMILES string of the molecule is O=C([O-])N1CCC2CC=CCC2C1OS(=O)(=O)C(F)(F)F. The molecular formula is C11H13F3NO5S-. The van der Waals surface area contributed by atoms with Crippen LogP contribution in [-0.2, 0) is 14.3 Å². The zero-order valence-electron chi connectivity index (χ0n) is 10.7. The van der Waals surface area contributed by atoms with E-state index in [4.69, 9.17) is 0 Å². The quantitative estimate of drug-likeness (QED) is 0.425. The van der Waals surface area contributed by atoms with Crippen LogP contribution in [0, 0.1) is 11.8 Å². The van der Waals surface area contributed by atoms with Crippen molar-refractivity contribution in [2.75, 3.05) is 6.54 Å². The molecule has 0 N–H and O–H groups in total. The lowest BCUT2D eigenvalue weighted by Crippen LogP contribution is -2.58. The number of hydrogen-bond acceptors (Lipinski definition) is 5. The summed E-state index contributed by atoms with van der Waals surface area (Å²) in [4.78, 5) is 11.5. The zero-order chi connectivity index (χ0) is 15.8. The summed E-state index contributed by atoms with van der Waals surface area (Å²) in [6, 6.07) is 0. The molecule has 1 saturated heterocycles. The fourth-order valence-electron chi connectivity index (χ4n) is 2.74. The molecule has 3 atom stereocenters. The predicted octanol–water partition coefficient (Wildman–Crippen LogP) is 0.810. The van der Waals surface area contributed by atoms with Crippen LogP contribution in [-0.4, -0.2) is 37.7 Å². The van der Waals surface area contributed by atoms with Crippen LogP contribution in [0.3, 0.4) is 0 Å². The minimum atomic E-state index is -5.87. The molecular weight excluding hydrogens is 315 g/mol. The third-order valence-electron chi connectivity index (χ3n) is 3.78. The van der Waals surface area contributed by atoms with Gasteiger partial charge in [-0.05, 0) is 25.2 Å². The van der Waals surface area contributed by atoms with Crippen LogP contribution in [0.4, 0.5) is 18.0 Å². The fraction of sp³-hybridized carbons (Fsp3) is 0.727. The van der Waals surface area contributed by atoms with Crippen LogP contribution in [0.25, 0.3) is 0 Å². The summed E-state index contributed by atoms with van der Waals surface area (Å²) in [6.45, 7) is -0.116. The number of nitrogens with zero attached hydrogens (tertiary/aromatic N) is 1. The van der Waals surface area contributed by atoms with Gasteiger partial charge in [0.1, 0.15) is 6.09 Å². The highest BCUT2D eigenvalue weighted by Crippen LogP contribution is 2.39. The van der Waals surface area contributed by atoms with E-state index in [9.17, 15) is 31.5 Å². The molecule has 120 valence electrons. The molecule has 0 bridgehead atoms. The Labute approximate surface area is 119 Å². The molecule has 0 aromatic rings. The first-order valence-electron chi connectivity index (χ1n) is 6.25. The van der Waals surface area contributed by atoms with Crippen molar-refractivity contribution < 1.29 is 35.7 Å². The lowest BCUT2D eigenvalue weighted by atomic mass is 9.77. The van der Waals surface area contributed by atoms with E-state index in [0.717, 1.165) is 0 Å². The number of amides is 1. The summed E-state index contributed by atoms with van der Waals surface area (Å²) in [5.41, 5.74) is -5.60. The number of carbonyl (C=O) groups is 1. The van der Waals surface area contributed by atoms with Crippen molar-refractivity contribution in [3.05, 3.63) is 12.2 Å². The van der Waals surface area contributed by atoms with Gasteiger partial charge in [-0.2, -0.15) is 21.6 Å². The van der Waals surface area contributed by atoms with Crippen LogP contribution in [0.1, 0.15) is 19.3 Å². The molecule has 10 heteroatoms. The largest absolute Gasteiger partial charge is 0.530 e. The minimum Gasteiger partial charge on any atom is -0.530 e. The van der Waals surface area contributed by atoms with E-state index in [1.165, 1.54) is 0 Å². The number of rotatable bonds is 2. The number of likely N-dealkylation sites (tertiary alicyclic amines) is 1. The number of hydrogen-bond donors (Lipinski definition) is 0. The number of halogens is 3. The Morgan fingerprint density at radius 2 is 1.90 bits per heavy atom. The van der Waals surface area contributed by atoms with Gasteiger partial charge in [0.15, 0.2) is 6.23 Å². The summed E-state index contributed by atoms with van der Waals surface area (Å²) in [6.07, 6.45) is 1.30. The topological polar surface area (TPSA) is 86.7 Å². The molecule has 0 aromatic carbocycles. The summed E-state index contributed by atoms with van der Waals surface area (Å²) >= 11 is 0. The van der Waals surface area contributed by atoms with E-state index in [0.29, 0.717) is 17.7 Å². The molecule has 1 amide bonds. The number of alkyl halides is 3. The number of carboxylic acid groups (broad SMARTS) is 1. The van der Waals surface area contributed by atoms with E-state index < -0.39 is 33.9 Å². The Hall–Kier alpha value is -1.29. The molecule has 1 fully saturated rings. The Balaban J connectivity index is 2.29. The molecule has 21 heavy (non-hydrogen) atoms. The van der Waals surface area contributed by atoms with Crippen molar-refractivity contribution in [2.45, 2.75) is 31.0 Å². The molecule has 0 aromatic heterocycles. The average Bonchev–Trinajstić information content (AvgIpc) is 2.37. The Bertz CT molecular complexity index is 545. The summed E-state index contributed by atoms with van der Waals surface area (Å²) in [5.74, 6) is -0.752. The Kier molecular flexibility index (Phi) is 4.20. The molecule has 0 spiro atoms. The van der Waals surface area contributed by atoms with Gasteiger partial charge < -0.3 is 14.8 Å². The van der Waals surface area contributed by atoms with E-state index in [1.54, 1.807) is 6.08 Å². The third kappa shape index (κ3) is 3.15. The van der Waals surface area contributed by atoms with Crippen molar-refractivity contribution in [3.8, 4) is 0 Å². The second-order valence-electron chi connectivity index (χ2n) is 5.00. The highest BCUT2D eigenvalue weighted by molar-refractivity contribution is 7.87. The standard InChI is InChI=1S/C11H14F3NO5S/c12-11(13,14)21(18,19)20-9-8-4-2-1-3-7(8)5-6-15(9)10(16)17/h1-2,7-9H,3-6H2,(H,16,17)/p-1. The van der Waals surface area contributed by atoms with Gasteiger partial charge in [-0.25, -0.2) is 4.18 Å². The van der Waals surface area contributed by atoms with Gasteiger partial charge >= 0.3 is 15.6 Å². The molecule has 2 rings (SSSR count). The van der Waals surface area contributed by atoms with Gasteiger partial charge in [-0.3, -0.25) is 0 Å². The van der Waals surface area contributed by atoms with Crippen LogP contribution in [0.2, 0.25) is 0 Å². The van der Waals surface area contributed by atoms with Crippen LogP contribution < -0.4 is 5.11 Å². The van der Waals surface area contributed by atoms with Crippen molar-refractivity contribution in [1.82, 2.24) is 4.90 Å². The van der Waals surface area contributed by atoms with Crippen molar-refractivity contribution in [3.63, 3.8) is 0 Å². The van der Waals surface area contributed by atoms with Crippen LogP contribution in [0.5, 0.6) is 0 Å². The van der Waals surface area contributed by atoms with Gasteiger partial charge in [0.05, 0.1) is 0 Å². The first kappa shape index (κ1) is 16.1. The van der Waals surface area contributed by atoms with Gasteiger partial charge in [0.2, 0.25) is 0 Å². The average molecular weight is 328 g/mol. The number of allylic oxidation sites excluding steroid dienone is 2. The molecule has 0 saturated carbocycles. The highest BCUT2D eigenvalue weighted by Gasteiger charge is 2.51.